The summed E-state index contributed by atoms with van der Waals surface area (Å²) in [4.78, 5) is 29.2. The largest absolute Gasteiger partial charge is 0.417 e. The number of hydrogen-bond acceptors (Lipinski definition) is 3. The number of pyridine rings is 2. The van der Waals surface area contributed by atoms with Gasteiger partial charge >= 0.3 is 6.18 Å². The van der Waals surface area contributed by atoms with Crippen molar-refractivity contribution in [3.63, 3.8) is 0 Å². The van der Waals surface area contributed by atoms with Gasteiger partial charge < -0.3 is 9.88 Å². The summed E-state index contributed by atoms with van der Waals surface area (Å²) in [6.45, 7) is 1.74. The van der Waals surface area contributed by atoms with Crippen LogP contribution >= 0.6 is 0 Å². The number of nitrogens with zero attached hydrogens (tertiary/aromatic N) is 2. The molecule has 8 heteroatoms. The van der Waals surface area contributed by atoms with E-state index in [1.54, 1.807) is 41.0 Å². The van der Waals surface area contributed by atoms with Gasteiger partial charge in [-0.25, -0.2) is 4.98 Å². The first kappa shape index (κ1) is 19.6. The van der Waals surface area contributed by atoms with Gasteiger partial charge in [0.25, 0.3) is 0 Å². The van der Waals surface area contributed by atoms with Crippen LogP contribution in [-0.2, 0) is 17.5 Å². The maximum absolute atomic E-state index is 12.9. The Bertz CT molecular complexity index is 1330. The molecule has 0 saturated carbocycles. The molecular formula is C22H16F3N3O2. The molecule has 30 heavy (non-hydrogen) atoms. The van der Waals surface area contributed by atoms with Crippen LogP contribution in [0.5, 0.6) is 0 Å². The van der Waals surface area contributed by atoms with E-state index in [-0.39, 0.29) is 17.8 Å². The van der Waals surface area contributed by atoms with Crippen LogP contribution < -0.4 is 10.7 Å². The van der Waals surface area contributed by atoms with Gasteiger partial charge in [-0.1, -0.05) is 23.8 Å². The number of para-hydroxylation sites is 1. The van der Waals surface area contributed by atoms with Crippen molar-refractivity contribution in [1.29, 1.82) is 0 Å². The van der Waals surface area contributed by atoms with E-state index in [0.29, 0.717) is 28.0 Å². The zero-order valence-electron chi connectivity index (χ0n) is 15.8. The van der Waals surface area contributed by atoms with Crippen LogP contribution in [0.3, 0.4) is 0 Å². The molecule has 0 atom stereocenters. The minimum atomic E-state index is -4.50. The summed E-state index contributed by atoms with van der Waals surface area (Å²) in [7, 11) is 0. The molecule has 0 bridgehead atoms. The molecule has 1 amide bonds. The van der Waals surface area contributed by atoms with Gasteiger partial charge in [0.15, 0.2) is 5.43 Å². The number of carbonyl (C=O) groups excluding carboxylic acids is 1. The SMILES string of the molecule is Cc1ccc2c(c1)c(=O)c1ccccc1n2CC(=O)Nc1ccc(C(F)(F)F)cn1. The number of anilines is 1. The Kier molecular flexibility index (Phi) is 4.77. The molecule has 0 aliphatic carbocycles. The number of benzene rings is 2. The maximum atomic E-state index is 12.9. The zero-order chi connectivity index (χ0) is 21.5. The van der Waals surface area contributed by atoms with Crippen molar-refractivity contribution in [3.05, 3.63) is 82.1 Å². The van der Waals surface area contributed by atoms with Crippen LogP contribution in [0.4, 0.5) is 19.0 Å². The van der Waals surface area contributed by atoms with Gasteiger partial charge in [-0.3, -0.25) is 9.59 Å². The lowest BCUT2D eigenvalue weighted by atomic mass is 10.1. The van der Waals surface area contributed by atoms with Crippen molar-refractivity contribution in [3.8, 4) is 0 Å². The van der Waals surface area contributed by atoms with E-state index >= 15 is 0 Å². The Morgan fingerprint density at radius 2 is 1.77 bits per heavy atom. The van der Waals surface area contributed by atoms with E-state index < -0.39 is 17.6 Å². The lowest BCUT2D eigenvalue weighted by Gasteiger charge is -2.15. The average Bonchev–Trinajstić information content (AvgIpc) is 2.71. The minimum absolute atomic E-state index is 0.0125. The van der Waals surface area contributed by atoms with E-state index in [2.05, 4.69) is 10.3 Å². The topological polar surface area (TPSA) is 64.0 Å². The summed E-state index contributed by atoms with van der Waals surface area (Å²) in [6, 6.07) is 14.3. The first-order valence-electron chi connectivity index (χ1n) is 9.09. The number of alkyl halides is 3. The van der Waals surface area contributed by atoms with Crippen molar-refractivity contribution >= 4 is 33.5 Å². The molecule has 0 unspecified atom stereocenters. The highest BCUT2D eigenvalue weighted by molar-refractivity contribution is 5.97. The van der Waals surface area contributed by atoms with Crippen molar-refractivity contribution in [1.82, 2.24) is 9.55 Å². The first-order valence-corrected chi connectivity index (χ1v) is 9.09. The van der Waals surface area contributed by atoms with Gasteiger partial charge in [0.05, 0.1) is 16.6 Å². The maximum Gasteiger partial charge on any atom is 0.417 e. The molecule has 2 heterocycles. The number of hydrogen-bond donors (Lipinski definition) is 1. The third-order valence-electron chi connectivity index (χ3n) is 4.79. The van der Waals surface area contributed by atoms with Gasteiger partial charge in [-0.15, -0.1) is 0 Å². The van der Waals surface area contributed by atoms with E-state index in [9.17, 15) is 22.8 Å². The van der Waals surface area contributed by atoms with Gasteiger partial charge in [-0.05, 0) is 43.3 Å². The fourth-order valence-corrected chi connectivity index (χ4v) is 3.37. The average molecular weight is 411 g/mol. The third kappa shape index (κ3) is 3.63. The molecule has 0 aliphatic heterocycles. The molecular weight excluding hydrogens is 395 g/mol. The molecule has 152 valence electrons. The number of fused-ring (bicyclic) bond motifs is 2. The number of rotatable bonds is 3. The summed E-state index contributed by atoms with van der Waals surface area (Å²) in [5.41, 5.74) is 1.09. The fourth-order valence-electron chi connectivity index (χ4n) is 3.37. The Hall–Kier alpha value is -3.68. The molecule has 0 spiro atoms. The highest BCUT2D eigenvalue weighted by Crippen LogP contribution is 2.29. The minimum Gasteiger partial charge on any atom is -0.331 e. The van der Waals surface area contributed by atoms with Gasteiger partial charge in [0.1, 0.15) is 12.4 Å². The van der Waals surface area contributed by atoms with E-state index in [0.717, 1.165) is 17.7 Å². The molecule has 0 saturated heterocycles. The van der Waals surface area contributed by atoms with Crippen molar-refractivity contribution in [2.45, 2.75) is 19.6 Å². The summed E-state index contributed by atoms with van der Waals surface area (Å²) in [5, 5.41) is 3.49. The molecule has 2 aromatic heterocycles. The fraction of sp³-hybridized carbons (Fsp3) is 0.136. The number of amides is 1. The quantitative estimate of drug-likeness (QED) is 0.505. The Labute approximate surface area is 168 Å². The standard InChI is InChI=1S/C22H16F3N3O2/c1-13-6-8-18-16(10-13)21(30)15-4-2-3-5-17(15)28(18)12-20(29)27-19-9-7-14(11-26-19)22(23,24)25/h2-11H,12H2,1H3,(H,26,27,29). The third-order valence-corrected chi connectivity index (χ3v) is 4.79. The van der Waals surface area contributed by atoms with Gasteiger partial charge in [0, 0.05) is 17.0 Å². The Balaban J connectivity index is 1.71. The van der Waals surface area contributed by atoms with Crippen molar-refractivity contribution < 1.29 is 18.0 Å². The summed E-state index contributed by atoms with van der Waals surface area (Å²) < 4.78 is 39.7. The lowest BCUT2D eigenvalue weighted by Crippen LogP contribution is -2.22. The van der Waals surface area contributed by atoms with Crippen molar-refractivity contribution in [2.24, 2.45) is 0 Å². The number of halogens is 3. The lowest BCUT2D eigenvalue weighted by molar-refractivity contribution is -0.137. The molecule has 5 nitrogen and oxygen atoms in total. The summed E-state index contributed by atoms with van der Waals surface area (Å²) in [6.07, 6.45) is -3.83. The number of aromatic nitrogens is 2. The number of nitrogens with one attached hydrogen (secondary N) is 1. The van der Waals surface area contributed by atoms with Gasteiger partial charge in [0.2, 0.25) is 5.91 Å². The molecule has 1 N–H and O–H groups in total. The molecule has 0 fully saturated rings. The van der Waals surface area contributed by atoms with Crippen LogP contribution in [0.15, 0.2) is 65.6 Å². The van der Waals surface area contributed by atoms with E-state index in [4.69, 9.17) is 0 Å². The molecule has 4 aromatic rings. The monoisotopic (exact) mass is 411 g/mol. The van der Waals surface area contributed by atoms with Crippen LogP contribution in [-0.4, -0.2) is 15.5 Å². The molecule has 2 aromatic carbocycles. The smallest absolute Gasteiger partial charge is 0.331 e. The summed E-state index contributed by atoms with van der Waals surface area (Å²) >= 11 is 0. The normalized spacial score (nSPS) is 11.7. The Morgan fingerprint density at radius 3 is 2.47 bits per heavy atom. The highest BCUT2D eigenvalue weighted by atomic mass is 19.4. The second-order valence-electron chi connectivity index (χ2n) is 6.93. The predicted octanol–water partition coefficient (Wildman–Crippen LogP) is 4.52. The molecule has 0 aliphatic rings. The number of aryl methyl sites for hydroxylation is 1. The first-order chi connectivity index (χ1) is 14.2. The van der Waals surface area contributed by atoms with E-state index in [1.807, 2.05) is 13.0 Å². The van der Waals surface area contributed by atoms with Crippen molar-refractivity contribution in [2.75, 3.05) is 5.32 Å². The zero-order valence-corrected chi connectivity index (χ0v) is 15.8. The molecule has 4 rings (SSSR count). The van der Waals surface area contributed by atoms with Crippen LogP contribution in [0.1, 0.15) is 11.1 Å². The van der Waals surface area contributed by atoms with Crippen LogP contribution in [0.25, 0.3) is 21.8 Å². The van der Waals surface area contributed by atoms with Gasteiger partial charge in [-0.2, -0.15) is 13.2 Å². The van der Waals surface area contributed by atoms with Crippen LogP contribution in [0, 0.1) is 6.92 Å². The van der Waals surface area contributed by atoms with E-state index in [1.165, 1.54) is 0 Å². The second kappa shape index (κ2) is 7.29. The summed E-state index contributed by atoms with van der Waals surface area (Å²) in [5.74, 6) is -0.462. The highest BCUT2D eigenvalue weighted by Gasteiger charge is 2.30. The Morgan fingerprint density at radius 1 is 1.03 bits per heavy atom. The molecule has 0 radical (unpaired) electrons. The second-order valence-corrected chi connectivity index (χ2v) is 6.93. The predicted molar refractivity (Wildman–Crippen MR) is 108 cm³/mol. The number of carbonyl (C=O) groups is 1. The van der Waals surface area contributed by atoms with Crippen LogP contribution in [0.2, 0.25) is 0 Å².